The van der Waals surface area contributed by atoms with Crippen molar-refractivity contribution in [1.29, 1.82) is 0 Å². The van der Waals surface area contributed by atoms with Gasteiger partial charge in [-0.1, -0.05) is 12.7 Å². The van der Waals surface area contributed by atoms with Crippen LogP contribution in [0.3, 0.4) is 0 Å². The van der Waals surface area contributed by atoms with Crippen molar-refractivity contribution >= 4 is 23.6 Å². The molecule has 8 nitrogen and oxygen atoms in total. The number of carboxylic acid groups (broad SMARTS) is 1. The second kappa shape index (κ2) is 7.03. The molecule has 0 unspecified atom stereocenters. The summed E-state index contributed by atoms with van der Waals surface area (Å²) in [5, 5.41) is 21.5. The van der Waals surface area contributed by atoms with Crippen molar-refractivity contribution in [3.8, 4) is 5.75 Å². The molecule has 3 amide bonds. The number of rotatable bonds is 3. The maximum Gasteiger partial charge on any atom is 1.00 e. The summed E-state index contributed by atoms with van der Waals surface area (Å²) in [7, 11) is 0. The van der Waals surface area contributed by atoms with Crippen LogP contribution in [0, 0.1) is 5.92 Å². The average Bonchev–Trinajstić information content (AvgIpc) is 2.98. The largest absolute Gasteiger partial charge is 1.00 e. The summed E-state index contributed by atoms with van der Waals surface area (Å²) in [5.41, 5.74) is 0.997. The molecule has 0 radical (unpaired) electrons. The van der Waals surface area contributed by atoms with Crippen molar-refractivity contribution in [3.63, 3.8) is 0 Å². The zero-order chi connectivity index (χ0) is 18.6. The monoisotopic (exact) mass is 379 g/mol. The summed E-state index contributed by atoms with van der Waals surface area (Å²) in [6, 6.07) is 4.67. The van der Waals surface area contributed by atoms with Gasteiger partial charge >= 0.3 is 41.6 Å². The molecule has 3 N–H and O–H groups in total. The van der Waals surface area contributed by atoms with Crippen LogP contribution in [-0.2, 0) is 9.59 Å². The quantitative estimate of drug-likeness (QED) is 0.336. The van der Waals surface area contributed by atoms with Crippen LogP contribution in [0.4, 0.5) is 10.5 Å². The Bertz CT molecular complexity index is 872. The minimum absolute atomic E-state index is 0. The van der Waals surface area contributed by atoms with Gasteiger partial charge in [0.05, 0.1) is 6.04 Å². The number of phenols is 1. The SMILES string of the molecule is C=CC1=C(C(=O)O)N2C(=O)[C@@H]3[C@H]2[C@H](C1)CN3C(=O)Nc1ccc(O)cc1.[H-].[Na+]. The van der Waals surface area contributed by atoms with Crippen molar-refractivity contribution in [1.82, 2.24) is 9.80 Å². The van der Waals surface area contributed by atoms with Crippen LogP contribution in [0.5, 0.6) is 5.75 Å². The molecule has 136 valence electrons. The van der Waals surface area contributed by atoms with E-state index in [1.54, 1.807) is 12.1 Å². The van der Waals surface area contributed by atoms with Crippen molar-refractivity contribution in [2.45, 2.75) is 18.5 Å². The Hall–Kier alpha value is -2.29. The molecule has 0 bridgehead atoms. The molecule has 2 saturated heterocycles. The molecule has 3 aliphatic rings. The summed E-state index contributed by atoms with van der Waals surface area (Å²) >= 11 is 0. The van der Waals surface area contributed by atoms with E-state index in [0.717, 1.165) is 0 Å². The molecule has 0 aliphatic carbocycles. The molecular weight excluding hydrogens is 361 g/mol. The molecule has 27 heavy (non-hydrogen) atoms. The number of hydrogen-bond acceptors (Lipinski definition) is 4. The zero-order valence-electron chi connectivity index (χ0n) is 15.8. The number of anilines is 1. The minimum atomic E-state index is -1.16. The van der Waals surface area contributed by atoms with Gasteiger partial charge in [0, 0.05) is 18.2 Å². The fourth-order valence-corrected chi connectivity index (χ4v) is 4.10. The Morgan fingerprint density at radius 2 is 1.96 bits per heavy atom. The van der Waals surface area contributed by atoms with Crippen LogP contribution in [0.2, 0.25) is 0 Å². The van der Waals surface area contributed by atoms with Gasteiger partial charge in [0.1, 0.15) is 17.5 Å². The Morgan fingerprint density at radius 1 is 1.30 bits per heavy atom. The topological polar surface area (TPSA) is 110 Å². The van der Waals surface area contributed by atoms with Gasteiger partial charge < -0.3 is 21.9 Å². The maximum atomic E-state index is 12.6. The predicted molar refractivity (Wildman–Crippen MR) is 92.3 cm³/mol. The van der Waals surface area contributed by atoms with E-state index >= 15 is 0 Å². The number of phenolic OH excluding ortho intramolecular Hbond substituents is 1. The third kappa shape index (κ3) is 2.93. The molecule has 0 spiro atoms. The first kappa shape index (κ1) is 19.5. The first-order valence-corrected chi connectivity index (χ1v) is 8.21. The van der Waals surface area contributed by atoms with E-state index < -0.39 is 18.0 Å². The smallest absolute Gasteiger partial charge is 1.00 e. The van der Waals surface area contributed by atoms with Crippen molar-refractivity contribution in [2.75, 3.05) is 11.9 Å². The molecule has 1 aromatic carbocycles. The summed E-state index contributed by atoms with van der Waals surface area (Å²) < 4.78 is 0. The van der Waals surface area contributed by atoms with E-state index in [9.17, 15) is 24.6 Å². The number of carbonyl (C=O) groups is 3. The fourth-order valence-electron chi connectivity index (χ4n) is 4.10. The van der Waals surface area contributed by atoms with E-state index in [1.807, 2.05) is 0 Å². The summed E-state index contributed by atoms with van der Waals surface area (Å²) in [6.45, 7) is 4.02. The van der Waals surface area contributed by atoms with Gasteiger partial charge in [0.15, 0.2) is 0 Å². The molecule has 9 heteroatoms. The molecular formula is C18H18N3NaO5. The van der Waals surface area contributed by atoms with E-state index in [4.69, 9.17) is 0 Å². The first-order chi connectivity index (χ1) is 12.4. The number of benzene rings is 1. The van der Waals surface area contributed by atoms with Crippen LogP contribution in [-0.4, -0.2) is 56.5 Å². The number of carboxylic acids is 1. The van der Waals surface area contributed by atoms with Crippen LogP contribution >= 0.6 is 0 Å². The van der Waals surface area contributed by atoms with Crippen LogP contribution in [0.25, 0.3) is 0 Å². The zero-order valence-corrected chi connectivity index (χ0v) is 16.8. The normalized spacial score (nSPS) is 25.3. The standard InChI is InChI=1S/C18H17N3O5.Na.H/c1-2-9-7-10-8-20(18(26)19-11-3-5-12(22)6-4-11)15-13(10)21(16(15)23)14(9)17(24)25;;/h2-6,10,13,15,22H,1,7-8H2,(H,19,26)(H,24,25);;/q;+1;-1/t10-,13-,15+;;/m1../s1. The average molecular weight is 379 g/mol. The number of β-lactam (4-membered cyclic amide) rings is 1. The van der Waals surface area contributed by atoms with Gasteiger partial charge in [0.2, 0.25) is 0 Å². The maximum absolute atomic E-state index is 12.6. The fraction of sp³-hybridized carbons (Fsp3) is 0.278. The van der Waals surface area contributed by atoms with E-state index in [1.165, 1.54) is 28.0 Å². The predicted octanol–water partition coefficient (Wildman–Crippen LogP) is -1.52. The number of hydrogen-bond donors (Lipinski definition) is 3. The number of allylic oxidation sites excluding steroid dienone is 2. The van der Waals surface area contributed by atoms with Gasteiger partial charge in [-0.15, -0.1) is 0 Å². The number of nitrogens with zero attached hydrogens (tertiary/aromatic N) is 2. The van der Waals surface area contributed by atoms with Crippen molar-refractivity contribution < 1.29 is 55.6 Å². The summed E-state index contributed by atoms with van der Waals surface area (Å²) in [5.74, 6) is -1.46. The second-order valence-corrected chi connectivity index (χ2v) is 6.62. The van der Waals surface area contributed by atoms with E-state index in [-0.39, 0.29) is 60.3 Å². The molecule has 1 aromatic rings. The van der Waals surface area contributed by atoms with Gasteiger partial charge in [-0.25, -0.2) is 9.59 Å². The first-order valence-electron chi connectivity index (χ1n) is 8.21. The van der Waals surface area contributed by atoms with Crippen LogP contribution in [0.15, 0.2) is 48.2 Å². The van der Waals surface area contributed by atoms with Crippen molar-refractivity contribution in [3.05, 3.63) is 48.2 Å². The van der Waals surface area contributed by atoms with E-state index in [0.29, 0.717) is 24.2 Å². The number of aliphatic carboxylic acids is 1. The number of likely N-dealkylation sites (tertiary alicyclic amines) is 1. The Morgan fingerprint density at radius 3 is 2.56 bits per heavy atom. The molecule has 3 atom stereocenters. The summed E-state index contributed by atoms with van der Waals surface area (Å²) in [4.78, 5) is 39.5. The number of urea groups is 1. The molecule has 2 fully saturated rings. The van der Waals surface area contributed by atoms with Gasteiger partial charge in [-0.3, -0.25) is 9.69 Å². The van der Waals surface area contributed by atoms with Gasteiger partial charge in [-0.05, 0) is 36.3 Å². The molecule has 3 heterocycles. The minimum Gasteiger partial charge on any atom is -1.00 e. The van der Waals surface area contributed by atoms with Crippen LogP contribution < -0.4 is 34.9 Å². The molecule has 3 aliphatic heterocycles. The van der Waals surface area contributed by atoms with Crippen molar-refractivity contribution in [2.24, 2.45) is 5.92 Å². The molecule has 4 rings (SSSR count). The third-order valence-electron chi connectivity index (χ3n) is 5.22. The molecule has 0 aromatic heterocycles. The van der Waals surface area contributed by atoms with E-state index in [2.05, 4.69) is 11.9 Å². The molecule has 0 saturated carbocycles. The van der Waals surface area contributed by atoms with Crippen LogP contribution in [0.1, 0.15) is 7.85 Å². The third-order valence-corrected chi connectivity index (χ3v) is 5.22. The Kier molecular flexibility index (Phi) is 5.07. The van der Waals surface area contributed by atoms with Gasteiger partial charge in [-0.2, -0.15) is 0 Å². The Balaban J connectivity index is 0.00000140. The van der Waals surface area contributed by atoms with Gasteiger partial charge in [0.25, 0.3) is 5.91 Å². The summed E-state index contributed by atoms with van der Waals surface area (Å²) in [6.07, 6.45) is 1.94. The number of carbonyl (C=O) groups excluding carboxylic acids is 2. The Labute approximate surface area is 178 Å². The number of aromatic hydroxyl groups is 1. The second-order valence-electron chi connectivity index (χ2n) is 6.62. The number of amides is 3. The number of nitrogens with one attached hydrogen (secondary N) is 1.